The molecule has 0 N–H and O–H groups in total. The SMILES string of the molecule is c1ccc(-c2ccc3c(c2)oc2ccc4ccccc4c23)cc1. The fraction of sp³-hybridized carbons (Fsp3) is 0. The number of hydrogen-bond donors (Lipinski definition) is 0. The van der Waals surface area contributed by atoms with Gasteiger partial charge >= 0.3 is 0 Å². The summed E-state index contributed by atoms with van der Waals surface area (Å²) in [5, 5.41) is 4.88. The summed E-state index contributed by atoms with van der Waals surface area (Å²) < 4.78 is 6.12. The molecule has 1 heteroatoms. The highest BCUT2D eigenvalue weighted by molar-refractivity contribution is 6.19. The van der Waals surface area contributed by atoms with Crippen molar-refractivity contribution in [2.75, 3.05) is 0 Å². The van der Waals surface area contributed by atoms with E-state index in [0.717, 1.165) is 11.2 Å². The van der Waals surface area contributed by atoms with Crippen molar-refractivity contribution in [3.8, 4) is 11.1 Å². The molecular formula is C22H14O. The Hall–Kier alpha value is -3.06. The van der Waals surface area contributed by atoms with Gasteiger partial charge in [0.2, 0.25) is 0 Å². The summed E-state index contributed by atoms with van der Waals surface area (Å²) in [6.07, 6.45) is 0. The normalized spacial score (nSPS) is 11.5. The average molecular weight is 294 g/mol. The van der Waals surface area contributed by atoms with E-state index in [1.165, 1.54) is 32.7 Å². The van der Waals surface area contributed by atoms with Gasteiger partial charge in [0.15, 0.2) is 0 Å². The molecule has 5 aromatic rings. The molecule has 108 valence electrons. The molecule has 0 bridgehead atoms. The van der Waals surface area contributed by atoms with Gasteiger partial charge in [0.25, 0.3) is 0 Å². The number of furan rings is 1. The smallest absolute Gasteiger partial charge is 0.136 e. The van der Waals surface area contributed by atoms with E-state index in [9.17, 15) is 0 Å². The number of hydrogen-bond acceptors (Lipinski definition) is 1. The summed E-state index contributed by atoms with van der Waals surface area (Å²) in [4.78, 5) is 0. The molecular weight excluding hydrogens is 280 g/mol. The van der Waals surface area contributed by atoms with Crippen molar-refractivity contribution >= 4 is 32.7 Å². The van der Waals surface area contributed by atoms with Crippen LogP contribution in [-0.4, -0.2) is 0 Å². The van der Waals surface area contributed by atoms with Gasteiger partial charge in [-0.2, -0.15) is 0 Å². The average Bonchev–Trinajstić information content (AvgIpc) is 3.00. The third kappa shape index (κ3) is 1.87. The maximum Gasteiger partial charge on any atom is 0.136 e. The van der Waals surface area contributed by atoms with Crippen LogP contribution in [0.5, 0.6) is 0 Å². The van der Waals surface area contributed by atoms with Crippen molar-refractivity contribution < 1.29 is 4.42 Å². The van der Waals surface area contributed by atoms with Crippen LogP contribution in [0.4, 0.5) is 0 Å². The zero-order chi connectivity index (χ0) is 15.2. The molecule has 0 fully saturated rings. The van der Waals surface area contributed by atoms with Gasteiger partial charge in [0.1, 0.15) is 11.2 Å². The van der Waals surface area contributed by atoms with Gasteiger partial charge in [-0.3, -0.25) is 0 Å². The summed E-state index contributed by atoms with van der Waals surface area (Å²) >= 11 is 0. The van der Waals surface area contributed by atoms with Gasteiger partial charge in [-0.15, -0.1) is 0 Å². The monoisotopic (exact) mass is 294 g/mol. The van der Waals surface area contributed by atoms with Gasteiger partial charge in [-0.25, -0.2) is 0 Å². The molecule has 23 heavy (non-hydrogen) atoms. The lowest BCUT2D eigenvalue weighted by Crippen LogP contribution is -1.77. The van der Waals surface area contributed by atoms with E-state index in [2.05, 4.69) is 78.9 Å². The summed E-state index contributed by atoms with van der Waals surface area (Å²) in [7, 11) is 0. The van der Waals surface area contributed by atoms with Crippen molar-refractivity contribution in [3.05, 3.63) is 84.9 Å². The van der Waals surface area contributed by atoms with Crippen molar-refractivity contribution in [2.24, 2.45) is 0 Å². The molecule has 0 saturated heterocycles. The molecule has 0 saturated carbocycles. The van der Waals surface area contributed by atoms with E-state index in [4.69, 9.17) is 4.42 Å². The molecule has 0 aliphatic rings. The Morgan fingerprint density at radius 2 is 1.35 bits per heavy atom. The number of rotatable bonds is 1. The number of benzene rings is 4. The summed E-state index contributed by atoms with van der Waals surface area (Å²) in [6.45, 7) is 0. The highest BCUT2D eigenvalue weighted by Gasteiger charge is 2.11. The highest BCUT2D eigenvalue weighted by Crippen LogP contribution is 2.36. The molecule has 0 atom stereocenters. The highest BCUT2D eigenvalue weighted by atomic mass is 16.3. The van der Waals surface area contributed by atoms with E-state index in [-0.39, 0.29) is 0 Å². The molecule has 0 aliphatic carbocycles. The topological polar surface area (TPSA) is 13.1 Å². The minimum absolute atomic E-state index is 0.942. The Bertz CT molecular complexity index is 1150. The Labute approximate surface area is 133 Å². The van der Waals surface area contributed by atoms with Crippen LogP contribution < -0.4 is 0 Å². The first kappa shape index (κ1) is 12.5. The van der Waals surface area contributed by atoms with E-state index in [0.29, 0.717) is 0 Å². The Morgan fingerprint density at radius 3 is 2.26 bits per heavy atom. The zero-order valence-corrected chi connectivity index (χ0v) is 12.5. The predicted octanol–water partition coefficient (Wildman–Crippen LogP) is 6.41. The van der Waals surface area contributed by atoms with Crippen molar-refractivity contribution in [1.82, 2.24) is 0 Å². The molecule has 1 heterocycles. The molecule has 0 amide bonds. The molecule has 4 aromatic carbocycles. The molecule has 0 spiro atoms. The quantitative estimate of drug-likeness (QED) is 0.348. The second-order valence-corrected chi connectivity index (χ2v) is 5.84. The molecule has 0 radical (unpaired) electrons. The number of fused-ring (bicyclic) bond motifs is 5. The molecule has 0 unspecified atom stereocenters. The maximum atomic E-state index is 6.12. The molecule has 5 rings (SSSR count). The minimum atomic E-state index is 0.942. The predicted molar refractivity (Wildman–Crippen MR) is 96.7 cm³/mol. The fourth-order valence-corrected chi connectivity index (χ4v) is 3.36. The van der Waals surface area contributed by atoms with Crippen LogP contribution in [0.15, 0.2) is 89.3 Å². The van der Waals surface area contributed by atoms with Gasteiger partial charge in [-0.05, 0) is 40.1 Å². The third-order valence-corrected chi connectivity index (χ3v) is 4.47. The van der Waals surface area contributed by atoms with Gasteiger partial charge in [-0.1, -0.05) is 66.7 Å². The summed E-state index contributed by atoms with van der Waals surface area (Å²) in [5.74, 6) is 0. The summed E-state index contributed by atoms with van der Waals surface area (Å²) in [5.41, 5.74) is 4.28. The maximum absolute atomic E-state index is 6.12. The van der Waals surface area contributed by atoms with Gasteiger partial charge in [0.05, 0.1) is 0 Å². The van der Waals surface area contributed by atoms with Gasteiger partial charge in [0, 0.05) is 10.8 Å². The van der Waals surface area contributed by atoms with Crippen LogP contribution in [0.3, 0.4) is 0 Å². The zero-order valence-electron chi connectivity index (χ0n) is 12.5. The van der Waals surface area contributed by atoms with Crippen molar-refractivity contribution in [1.29, 1.82) is 0 Å². The van der Waals surface area contributed by atoms with Gasteiger partial charge < -0.3 is 4.42 Å². The largest absolute Gasteiger partial charge is 0.456 e. The lowest BCUT2D eigenvalue weighted by molar-refractivity contribution is 0.669. The van der Waals surface area contributed by atoms with Crippen LogP contribution in [0.2, 0.25) is 0 Å². The van der Waals surface area contributed by atoms with E-state index < -0.39 is 0 Å². The first-order valence-electron chi connectivity index (χ1n) is 7.79. The van der Waals surface area contributed by atoms with Crippen LogP contribution in [0.1, 0.15) is 0 Å². The van der Waals surface area contributed by atoms with Crippen LogP contribution in [-0.2, 0) is 0 Å². The van der Waals surface area contributed by atoms with E-state index in [1.807, 2.05) is 6.07 Å². The first-order chi connectivity index (χ1) is 11.4. The minimum Gasteiger partial charge on any atom is -0.456 e. The Balaban J connectivity index is 1.85. The first-order valence-corrected chi connectivity index (χ1v) is 7.79. The summed E-state index contributed by atoms with van der Waals surface area (Å²) in [6, 6.07) is 29.6. The fourth-order valence-electron chi connectivity index (χ4n) is 3.36. The second kappa shape index (κ2) is 4.72. The van der Waals surface area contributed by atoms with Crippen LogP contribution in [0.25, 0.3) is 43.8 Å². The Morgan fingerprint density at radius 1 is 0.522 bits per heavy atom. The van der Waals surface area contributed by atoms with Crippen molar-refractivity contribution in [3.63, 3.8) is 0 Å². The van der Waals surface area contributed by atoms with E-state index >= 15 is 0 Å². The lowest BCUT2D eigenvalue weighted by atomic mass is 10.0. The van der Waals surface area contributed by atoms with Crippen molar-refractivity contribution in [2.45, 2.75) is 0 Å². The van der Waals surface area contributed by atoms with Crippen LogP contribution in [0, 0.1) is 0 Å². The van der Waals surface area contributed by atoms with Crippen LogP contribution >= 0.6 is 0 Å². The molecule has 0 aliphatic heterocycles. The molecule has 1 aromatic heterocycles. The Kier molecular flexibility index (Phi) is 2.56. The lowest BCUT2D eigenvalue weighted by Gasteiger charge is -2.01. The molecule has 1 nitrogen and oxygen atoms in total. The standard InChI is InChI=1S/C22H14O/c1-2-6-15(7-3-1)17-10-12-19-21(14-17)23-20-13-11-16-8-4-5-9-18(16)22(19)20/h1-14H. The second-order valence-electron chi connectivity index (χ2n) is 5.84. The van der Waals surface area contributed by atoms with E-state index in [1.54, 1.807) is 0 Å². The third-order valence-electron chi connectivity index (χ3n) is 4.47.